The Morgan fingerprint density at radius 3 is 2.33 bits per heavy atom. The van der Waals surface area contributed by atoms with Gasteiger partial charge in [0.2, 0.25) is 5.91 Å². The van der Waals surface area contributed by atoms with Gasteiger partial charge in [-0.1, -0.05) is 41.4 Å². The van der Waals surface area contributed by atoms with E-state index in [0.717, 1.165) is 28.5 Å². The molecule has 1 saturated heterocycles. The minimum Gasteiger partial charge on any atom is -0.495 e. The van der Waals surface area contributed by atoms with Crippen molar-refractivity contribution in [3.05, 3.63) is 82.9 Å². The van der Waals surface area contributed by atoms with Crippen LogP contribution in [0.3, 0.4) is 0 Å². The molecule has 1 N–H and O–H groups in total. The molecule has 0 aliphatic carbocycles. The first kappa shape index (κ1) is 25.9. The molecule has 1 aliphatic rings. The molecule has 36 heavy (non-hydrogen) atoms. The van der Waals surface area contributed by atoms with Gasteiger partial charge in [0.15, 0.2) is 0 Å². The summed E-state index contributed by atoms with van der Waals surface area (Å²) in [6.45, 7) is 3.85. The molecule has 0 bridgehead atoms. The third-order valence-electron chi connectivity index (χ3n) is 6.20. The van der Waals surface area contributed by atoms with Gasteiger partial charge in [0.1, 0.15) is 12.3 Å². The van der Waals surface area contributed by atoms with E-state index in [9.17, 15) is 13.2 Å². The summed E-state index contributed by atoms with van der Waals surface area (Å²) in [6, 6.07) is 19.2. The number of amides is 1. The Kier molecular flexibility index (Phi) is 8.06. The van der Waals surface area contributed by atoms with E-state index >= 15 is 0 Å². The third kappa shape index (κ3) is 5.94. The van der Waals surface area contributed by atoms with E-state index in [-0.39, 0.29) is 17.1 Å². The highest BCUT2D eigenvalue weighted by atomic mass is 35.5. The first-order valence-electron chi connectivity index (χ1n) is 11.8. The number of aryl methyl sites for hydroxylation is 1. The number of methoxy groups -OCH3 is 1. The molecule has 0 aromatic heterocycles. The van der Waals surface area contributed by atoms with Crippen LogP contribution in [0, 0.1) is 6.92 Å². The van der Waals surface area contributed by atoms with E-state index < -0.39 is 22.5 Å². The highest BCUT2D eigenvalue weighted by molar-refractivity contribution is 7.92. The Labute approximate surface area is 217 Å². The summed E-state index contributed by atoms with van der Waals surface area (Å²) in [7, 11) is -2.65. The van der Waals surface area contributed by atoms with E-state index in [4.69, 9.17) is 16.3 Å². The van der Waals surface area contributed by atoms with E-state index in [1.165, 1.54) is 43.8 Å². The Bertz CT molecular complexity index is 1310. The molecule has 1 aliphatic heterocycles. The Balaban J connectivity index is 1.54. The second kappa shape index (κ2) is 11.2. The number of hydrogen-bond donors (Lipinski definition) is 1. The number of ether oxygens (including phenoxy) is 1. The fourth-order valence-electron chi connectivity index (χ4n) is 4.18. The molecule has 1 amide bonds. The van der Waals surface area contributed by atoms with Gasteiger partial charge in [0, 0.05) is 30.3 Å². The first-order chi connectivity index (χ1) is 17.3. The minimum atomic E-state index is -4.09. The van der Waals surface area contributed by atoms with Gasteiger partial charge in [-0.2, -0.15) is 0 Å². The Hall–Kier alpha value is -3.23. The molecule has 0 unspecified atom stereocenters. The largest absolute Gasteiger partial charge is 0.495 e. The fourth-order valence-corrected chi connectivity index (χ4v) is 5.77. The maximum atomic E-state index is 13.6. The van der Waals surface area contributed by atoms with Crippen molar-refractivity contribution in [1.29, 1.82) is 0 Å². The number of rotatable bonds is 9. The van der Waals surface area contributed by atoms with Crippen LogP contribution in [0.5, 0.6) is 5.75 Å². The molecule has 0 saturated carbocycles. The maximum Gasteiger partial charge on any atom is 0.264 e. The predicted molar refractivity (Wildman–Crippen MR) is 143 cm³/mol. The molecule has 4 rings (SSSR count). The summed E-state index contributed by atoms with van der Waals surface area (Å²) in [5.41, 5.74) is 3.22. The average Bonchev–Trinajstić information content (AvgIpc) is 3.41. The van der Waals surface area contributed by atoms with Crippen LogP contribution in [-0.4, -0.2) is 41.1 Å². The number of sulfonamides is 1. The zero-order valence-corrected chi connectivity index (χ0v) is 22.0. The van der Waals surface area contributed by atoms with Crippen LogP contribution in [0.15, 0.2) is 71.6 Å². The summed E-state index contributed by atoms with van der Waals surface area (Å²) >= 11 is 6.19. The van der Waals surface area contributed by atoms with Gasteiger partial charge in [0.25, 0.3) is 10.0 Å². The van der Waals surface area contributed by atoms with Crippen LogP contribution < -0.4 is 19.3 Å². The molecule has 0 radical (unpaired) electrons. The molecule has 1 heterocycles. The number of halogens is 1. The van der Waals surface area contributed by atoms with Gasteiger partial charge >= 0.3 is 0 Å². The van der Waals surface area contributed by atoms with E-state index in [0.29, 0.717) is 10.8 Å². The van der Waals surface area contributed by atoms with Gasteiger partial charge in [0.05, 0.1) is 17.7 Å². The van der Waals surface area contributed by atoms with Crippen molar-refractivity contribution in [1.82, 2.24) is 5.32 Å². The Morgan fingerprint density at radius 2 is 1.69 bits per heavy atom. The summed E-state index contributed by atoms with van der Waals surface area (Å²) in [4.78, 5) is 15.4. The highest BCUT2D eigenvalue weighted by Gasteiger charge is 2.29. The fraction of sp³-hybridized carbons (Fsp3) is 0.296. The van der Waals surface area contributed by atoms with Crippen LogP contribution >= 0.6 is 11.6 Å². The van der Waals surface area contributed by atoms with Gasteiger partial charge in [-0.05, 0) is 67.8 Å². The summed E-state index contributed by atoms with van der Waals surface area (Å²) < 4.78 is 33.7. The second-order valence-corrected chi connectivity index (χ2v) is 11.1. The van der Waals surface area contributed by atoms with Crippen molar-refractivity contribution < 1.29 is 17.9 Å². The number of nitrogens with zero attached hydrogens (tertiary/aromatic N) is 2. The van der Waals surface area contributed by atoms with Crippen molar-refractivity contribution in [2.45, 2.75) is 31.2 Å². The monoisotopic (exact) mass is 527 g/mol. The SMILES string of the molecule is COc1ccc(Cl)cc1N(CC(=O)NCc1ccc(N2CCCC2)cc1)S(=O)(=O)c1ccc(C)cc1. The van der Waals surface area contributed by atoms with E-state index in [2.05, 4.69) is 22.3 Å². The molecular weight excluding hydrogens is 498 g/mol. The topological polar surface area (TPSA) is 79.0 Å². The molecule has 0 spiro atoms. The first-order valence-corrected chi connectivity index (χ1v) is 13.6. The van der Waals surface area contributed by atoms with Crippen molar-refractivity contribution in [3.8, 4) is 5.75 Å². The van der Waals surface area contributed by atoms with Gasteiger partial charge in [-0.25, -0.2) is 8.42 Å². The van der Waals surface area contributed by atoms with Crippen molar-refractivity contribution in [2.24, 2.45) is 0 Å². The van der Waals surface area contributed by atoms with Gasteiger partial charge in [-0.15, -0.1) is 0 Å². The van der Waals surface area contributed by atoms with Crippen molar-refractivity contribution >= 4 is 38.9 Å². The van der Waals surface area contributed by atoms with Crippen LogP contribution in [0.2, 0.25) is 5.02 Å². The zero-order chi connectivity index (χ0) is 25.7. The number of anilines is 2. The number of carbonyl (C=O) groups is 1. The lowest BCUT2D eigenvalue weighted by Gasteiger charge is -2.26. The van der Waals surface area contributed by atoms with Crippen LogP contribution in [0.25, 0.3) is 0 Å². The highest BCUT2D eigenvalue weighted by Crippen LogP contribution is 2.34. The van der Waals surface area contributed by atoms with Gasteiger partial charge < -0.3 is 15.0 Å². The van der Waals surface area contributed by atoms with E-state index in [1.807, 2.05) is 19.1 Å². The number of nitrogens with one attached hydrogen (secondary N) is 1. The van der Waals surface area contributed by atoms with Crippen LogP contribution in [0.4, 0.5) is 11.4 Å². The summed E-state index contributed by atoms with van der Waals surface area (Å²) in [6.07, 6.45) is 2.41. The minimum absolute atomic E-state index is 0.0698. The second-order valence-electron chi connectivity index (χ2n) is 8.78. The molecule has 0 atom stereocenters. The smallest absolute Gasteiger partial charge is 0.264 e. The lowest BCUT2D eigenvalue weighted by atomic mass is 10.2. The lowest BCUT2D eigenvalue weighted by molar-refractivity contribution is -0.119. The molecule has 9 heteroatoms. The predicted octanol–water partition coefficient (Wildman–Crippen LogP) is 4.77. The number of hydrogen-bond acceptors (Lipinski definition) is 5. The van der Waals surface area contributed by atoms with Crippen LogP contribution in [-0.2, 0) is 21.4 Å². The van der Waals surface area contributed by atoms with E-state index in [1.54, 1.807) is 24.3 Å². The summed E-state index contributed by atoms with van der Waals surface area (Å²) in [5.74, 6) is -0.156. The normalized spacial score (nSPS) is 13.5. The maximum absolute atomic E-state index is 13.6. The molecule has 7 nitrogen and oxygen atoms in total. The molecule has 1 fully saturated rings. The van der Waals surface area contributed by atoms with Crippen molar-refractivity contribution in [3.63, 3.8) is 0 Å². The standard InChI is InChI=1S/C27H30ClN3O4S/c1-20-5-12-24(13-6-20)36(33,34)31(25-17-22(28)9-14-26(25)35-2)19-27(32)29-18-21-7-10-23(11-8-21)30-15-3-4-16-30/h5-14,17H,3-4,15-16,18-19H2,1-2H3,(H,29,32). The lowest BCUT2D eigenvalue weighted by Crippen LogP contribution is -2.40. The number of benzene rings is 3. The molecule has 3 aromatic carbocycles. The Morgan fingerprint density at radius 1 is 1.03 bits per heavy atom. The van der Waals surface area contributed by atoms with Gasteiger partial charge in [-0.3, -0.25) is 9.10 Å². The van der Waals surface area contributed by atoms with Crippen molar-refractivity contribution in [2.75, 3.05) is 35.9 Å². The zero-order valence-electron chi connectivity index (χ0n) is 20.4. The number of carbonyl (C=O) groups excluding carboxylic acids is 1. The summed E-state index contributed by atoms with van der Waals surface area (Å²) in [5, 5.41) is 3.17. The molecule has 190 valence electrons. The molecule has 3 aromatic rings. The van der Waals surface area contributed by atoms with Crippen LogP contribution in [0.1, 0.15) is 24.0 Å². The average molecular weight is 528 g/mol. The quantitative estimate of drug-likeness (QED) is 0.433. The third-order valence-corrected chi connectivity index (χ3v) is 8.21. The molecular formula is C27H30ClN3O4S.